The first-order valence-corrected chi connectivity index (χ1v) is 10.5. The summed E-state index contributed by atoms with van der Waals surface area (Å²) in [6, 6.07) is 1.23. The minimum absolute atomic E-state index is 0. The van der Waals surface area contributed by atoms with Crippen LogP contribution in [0.15, 0.2) is 0 Å². The van der Waals surface area contributed by atoms with Crippen LogP contribution in [0.2, 0.25) is 38.8 Å². The average molecular weight is 241 g/mol. The molecule has 0 rings (SSSR count). The summed E-state index contributed by atoms with van der Waals surface area (Å²) in [5.41, 5.74) is 0. The number of hydrogen-bond acceptors (Lipinski definition) is 1. The van der Waals surface area contributed by atoms with Crippen LogP contribution in [0, 0.1) is 0 Å². The highest BCUT2D eigenvalue weighted by Crippen LogP contribution is 2.16. The molecule has 0 aromatic heterocycles. The third kappa shape index (κ3) is 18.2. The Morgan fingerprint density at radius 2 is 1.07 bits per heavy atom. The lowest BCUT2D eigenvalue weighted by atomic mass is 11.0. The maximum absolute atomic E-state index is 6.05. The molecule has 0 aliphatic rings. The Morgan fingerprint density at radius 1 is 0.786 bits per heavy atom. The van der Waals surface area contributed by atoms with Crippen molar-refractivity contribution < 1.29 is 4.12 Å². The van der Waals surface area contributed by atoms with Crippen LogP contribution in [0.3, 0.4) is 0 Å². The van der Waals surface area contributed by atoms with E-state index in [0.717, 1.165) is 0 Å². The van der Waals surface area contributed by atoms with Crippen molar-refractivity contribution in [3.8, 4) is 0 Å². The third-order valence-corrected chi connectivity index (χ3v) is 7.80. The van der Waals surface area contributed by atoms with E-state index >= 15 is 0 Å². The van der Waals surface area contributed by atoms with Crippen LogP contribution in [-0.2, 0) is 4.12 Å². The van der Waals surface area contributed by atoms with Gasteiger partial charge in [0, 0.05) is 0 Å². The average Bonchev–Trinajstić information content (AvgIpc) is 1.60. The van der Waals surface area contributed by atoms with E-state index in [2.05, 4.69) is 39.7 Å². The molecule has 3 heteroatoms. The maximum atomic E-state index is 6.05. The summed E-state index contributed by atoms with van der Waals surface area (Å²) >= 11 is 0. The fraction of sp³-hybridized carbons (Fsp3) is 1.00. The maximum Gasteiger partial charge on any atom is 0.173 e. The van der Waals surface area contributed by atoms with Gasteiger partial charge in [0.15, 0.2) is 16.6 Å². The highest BCUT2D eigenvalue weighted by molar-refractivity contribution is 6.84. The molecule has 0 heterocycles. The molecular formula is C11H36OSi2. The molecule has 0 aliphatic heterocycles. The fourth-order valence-corrected chi connectivity index (χ4v) is 8.11. The van der Waals surface area contributed by atoms with Gasteiger partial charge in [-0.2, -0.15) is 0 Å². The molecule has 1 nitrogen and oxygen atoms in total. The van der Waals surface area contributed by atoms with Gasteiger partial charge < -0.3 is 4.12 Å². The standard InChI is InChI=1S/C7H20OSi2.4CH4/c1-7-10(5,6)8-9(2,3)4;;;;/h7H2,1-6H3;4*1H4. The summed E-state index contributed by atoms with van der Waals surface area (Å²) in [6.45, 7) is 13.6. The highest BCUT2D eigenvalue weighted by atomic mass is 28.4. The quantitative estimate of drug-likeness (QED) is 0.583. The summed E-state index contributed by atoms with van der Waals surface area (Å²) in [5, 5.41) is 0. The van der Waals surface area contributed by atoms with Crippen molar-refractivity contribution in [2.45, 2.75) is 75.4 Å². The zero-order valence-corrected chi connectivity index (χ0v) is 10.1. The van der Waals surface area contributed by atoms with Crippen molar-refractivity contribution in [1.29, 1.82) is 0 Å². The Hall–Kier alpha value is 0.394. The Kier molecular flexibility index (Phi) is 20.8. The van der Waals surface area contributed by atoms with Crippen LogP contribution in [0.4, 0.5) is 0 Å². The molecule has 0 unspecified atom stereocenters. The van der Waals surface area contributed by atoms with Crippen LogP contribution in [0.25, 0.3) is 0 Å². The first kappa shape index (κ1) is 29.3. The van der Waals surface area contributed by atoms with Gasteiger partial charge in [0.25, 0.3) is 0 Å². The van der Waals surface area contributed by atoms with Gasteiger partial charge in [-0.15, -0.1) is 0 Å². The highest BCUT2D eigenvalue weighted by Gasteiger charge is 2.27. The molecular weight excluding hydrogens is 204 g/mol. The Morgan fingerprint density at radius 3 is 1.14 bits per heavy atom. The normalized spacial score (nSPS) is 9.86. The van der Waals surface area contributed by atoms with E-state index in [9.17, 15) is 0 Å². The predicted molar refractivity (Wildman–Crippen MR) is 79.3 cm³/mol. The molecule has 0 atom stereocenters. The molecule has 0 saturated carbocycles. The lowest BCUT2D eigenvalue weighted by Gasteiger charge is -2.30. The van der Waals surface area contributed by atoms with Crippen LogP contribution in [0.5, 0.6) is 0 Å². The summed E-state index contributed by atoms with van der Waals surface area (Å²) in [6.07, 6.45) is 0. The first-order chi connectivity index (χ1) is 4.27. The smallest absolute Gasteiger partial charge is 0.173 e. The van der Waals surface area contributed by atoms with Crippen molar-refractivity contribution in [3.63, 3.8) is 0 Å². The molecule has 14 heavy (non-hydrogen) atoms. The summed E-state index contributed by atoms with van der Waals surface area (Å²) in [5.74, 6) is 0. The summed E-state index contributed by atoms with van der Waals surface area (Å²) in [4.78, 5) is 0. The second kappa shape index (κ2) is 9.93. The van der Waals surface area contributed by atoms with Gasteiger partial charge in [0.05, 0.1) is 0 Å². The van der Waals surface area contributed by atoms with Crippen molar-refractivity contribution in [3.05, 3.63) is 0 Å². The summed E-state index contributed by atoms with van der Waals surface area (Å²) in [7, 11) is -2.50. The van der Waals surface area contributed by atoms with Gasteiger partial charge in [0.2, 0.25) is 0 Å². The van der Waals surface area contributed by atoms with Gasteiger partial charge in [-0.1, -0.05) is 36.6 Å². The third-order valence-electron chi connectivity index (χ3n) is 1.43. The van der Waals surface area contributed by atoms with Crippen LogP contribution in [0.1, 0.15) is 36.6 Å². The fourth-order valence-electron chi connectivity index (χ4n) is 0.901. The minimum Gasteiger partial charge on any atom is -0.456 e. The second-order valence-electron chi connectivity index (χ2n) is 4.33. The number of rotatable bonds is 3. The predicted octanol–water partition coefficient (Wildman–Crippen LogP) is 5.61. The molecule has 0 aliphatic carbocycles. The van der Waals surface area contributed by atoms with Crippen molar-refractivity contribution >= 4 is 16.6 Å². The van der Waals surface area contributed by atoms with E-state index in [0.29, 0.717) is 0 Å². The van der Waals surface area contributed by atoms with Crippen LogP contribution >= 0.6 is 0 Å². The molecule has 0 fully saturated rings. The lowest BCUT2D eigenvalue weighted by molar-refractivity contribution is 0.550. The van der Waals surface area contributed by atoms with E-state index in [1.165, 1.54) is 6.04 Å². The van der Waals surface area contributed by atoms with Gasteiger partial charge in [0.1, 0.15) is 0 Å². The van der Waals surface area contributed by atoms with E-state index in [-0.39, 0.29) is 29.7 Å². The molecule has 0 aromatic carbocycles. The van der Waals surface area contributed by atoms with E-state index < -0.39 is 16.6 Å². The molecule has 0 aromatic rings. The number of hydrogen-bond donors (Lipinski definition) is 0. The molecule has 0 amide bonds. The molecule has 0 radical (unpaired) electrons. The van der Waals surface area contributed by atoms with Crippen LogP contribution in [-0.4, -0.2) is 16.6 Å². The minimum atomic E-state index is -1.25. The topological polar surface area (TPSA) is 9.23 Å². The van der Waals surface area contributed by atoms with Crippen molar-refractivity contribution in [2.75, 3.05) is 0 Å². The zero-order chi connectivity index (χ0) is 8.41. The zero-order valence-electron chi connectivity index (χ0n) is 8.12. The van der Waals surface area contributed by atoms with Gasteiger partial charge in [-0.05, 0) is 38.8 Å². The van der Waals surface area contributed by atoms with E-state index in [1.807, 2.05) is 0 Å². The molecule has 0 bridgehead atoms. The Balaban J connectivity index is -0.0000000675. The molecule has 0 spiro atoms. The monoisotopic (exact) mass is 240 g/mol. The molecule has 0 N–H and O–H groups in total. The lowest BCUT2D eigenvalue weighted by Crippen LogP contribution is -2.41. The first-order valence-electron chi connectivity index (χ1n) is 3.97. The molecule has 0 saturated heterocycles. The van der Waals surface area contributed by atoms with Crippen molar-refractivity contribution in [2.24, 2.45) is 0 Å². The van der Waals surface area contributed by atoms with Crippen LogP contribution < -0.4 is 0 Å². The summed E-state index contributed by atoms with van der Waals surface area (Å²) < 4.78 is 6.05. The van der Waals surface area contributed by atoms with Gasteiger partial charge >= 0.3 is 0 Å². The van der Waals surface area contributed by atoms with E-state index in [1.54, 1.807) is 0 Å². The molecule has 94 valence electrons. The van der Waals surface area contributed by atoms with Gasteiger partial charge in [-0.3, -0.25) is 0 Å². The van der Waals surface area contributed by atoms with E-state index in [4.69, 9.17) is 4.12 Å². The SMILES string of the molecule is C.C.C.C.CC[Si](C)(C)O[Si](C)(C)C. The Labute approximate surface area is 96.5 Å². The Bertz CT molecular complexity index is 106. The van der Waals surface area contributed by atoms with Crippen molar-refractivity contribution in [1.82, 2.24) is 0 Å². The largest absolute Gasteiger partial charge is 0.456 e. The second-order valence-corrected chi connectivity index (χ2v) is 13.6. The van der Waals surface area contributed by atoms with Gasteiger partial charge in [-0.25, -0.2) is 0 Å².